The summed E-state index contributed by atoms with van der Waals surface area (Å²) in [5.74, 6) is 1.57. The van der Waals surface area contributed by atoms with E-state index in [0.717, 1.165) is 26.2 Å². The van der Waals surface area contributed by atoms with Crippen LogP contribution in [0.5, 0.6) is 0 Å². The van der Waals surface area contributed by atoms with Crippen LogP contribution in [0.3, 0.4) is 0 Å². The lowest BCUT2D eigenvalue weighted by molar-refractivity contribution is -0.138. The summed E-state index contributed by atoms with van der Waals surface area (Å²) >= 11 is 0. The highest BCUT2D eigenvalue weighted by Crippen LogP contribution is 2.26. The third-order valence-electron chi connectivity index (χ3n) is 3.78. The first kappa shape index (κ1) is 14.7. The summed E-state index contributed by atoms with van der Waals surface area (Å²) in [6, 6.07) is 0. The minimum Gasteiger partial charge on any atom is -0.463 e. The fraction of sp³-hybridized carbons (Fsp3) is 0.643. The maximum atomic E-state index is 11.5. The summed E-state index contributed by atoms with van der Waals surface area (Å²) in [4.78, 5) is 21.9. The molecule has 0 spiro atoms. The first-order chi connectivity index (χ1) is 9.65. The Hall–Kier alpha value is -1.69. The Balaban J connectivity index is 2.01. The van der Waals surface area contributed by atoms with Crippen molar-refractivity contribution in [2.24, 2.45) is 21.8 Å². The van der Waals surface area contributed by atoms with Crippen molar-refractivity contribution in [3.63, 3.8) is 0 Å². The van der Waals surface area contributed by atoms with Crippen molar-refractivity contribution in [2.75, 3.05) is 32.8 Å². The molecule has 2 atom stereocenters. The van der Waals surface area contributed by atoms with Gasteiger partial charge in [-0.1, -0.05) is 0 Å². The Morgan fingerprint density at radius 2 is 2.10 bits per heavy atom. The van der Waals surface area contributed by atoms with Gasteiger partial charge in [0.15, 0.2) is 0 Å². The first-order valence-electron chi connectivity index (χ1n) is 6.99. The predicted molar refractivity (Wildman–Crippen MR) is 78.8 cm³/mol. The normalized spacial score (nSPS) is 26.6. The Morgan fingerprint density at radius 3 is 2.65 bits per heavy atom. The van der Waals surface area contributed by atoms with E-state index in [1.54, 1.807) is 13.8 Å². The summed E-state index contributed by atoms with van der Waals surface area (Å²) < 4.78 is 4.91. The molecule has 6 heteroatoms. The molecule has 0 aromatic rings. The number of carbonyl (C=O) groups is 1. The Bertz CT molecular complexity index is 432. The third kappa shape index (κ3) is 3.25. The van der Waals surface area contributed by atoms with Crippen LogP contribution in [0.25, 0.3) is 0 Å². The minimum absolute atomic E-state index is 0.345. The number of nitrogens with zero attached hydrogens (tertiary/aromatic N) is 3. The standard InChI is InChI=1S/C14H22N4O2/c1-4-20-13(19)10(2)5-17-14(15-3)18-8-11-6-16-7-12(11)9-18/h5,11-12,16H,3-4,6-9H2,1-2H3/b10-5+,17-14?. The monoisotopic (exact) mass is 278 g/mol. The van der Waals surface area contributed by atoms with Gasteiger partial charge in [-0.3, -0.25) is 0 Å². The molecule has 0 aromatic carbocycles. The summed E-state index contributed by atoms with van der Waals surface area (Å²) in [7, 11) is 0. The maximum absolute atomic E-state index is 11.5. The second-order valence-electron chi connectivity index (χ2n) is 5.20. The average Bonchev–Trinajstić information content (AvgIpc) is 3.00. The number of esters is 1. The van der Waals surface area contributed by atoms with Gasteiger partial charge < -0.3 is 15.0 Å². The van der Waals surface area contributed by atoms with Gasteiger partial charge in [-0.15, -0.1) is 0 Å². The van der Waals surface area contributed by atoms with Crippen molar-refractivity contribution in [1.29, 1.82) is 0 Å². The van der Waals surface area contributed by atoms with Gasteiger partial charge in [0.25, 0.3) is 0 Å². The van der Waals surface area contributed by atoms with Crippen molar-refractivity contribution in [3.8, 4) is 0 Å². The van der Waals surface area contributed by atoms with Gasteiger partial charge in [0, 0.05) is 32.4 Å². The quantitative estimate of drug-likeness (QED) is 0.356. The van der Waals surface area contributed by atoms with E-state index >= 15 is 0 Å². The Morgan fingerprint density at radius 1 is 1.45 bits per heavy atom. The van der Waals surface area contributed by atoms with E-state index < -0.39 is 0 Å². The van der Waals surface area contributed by atoms with Crippen LogP contribution in [0.1, 0.15) is 13.8 Å². The highest BCUT2D eigenvalue weighted by molar-refractivity contribution is 5.89. The zero-order valence-corrected chi connectivity index (χ0v) is 12.1. The molecule has 0 aromatic heterocycles. The molecule has 110 valence electrons. The van der Waals surface area contributed by atoms with E-state index in [2.05, 4.69) is 26.9 Å². The maximum Gasteiger partial charge on any atom is 0.335 e. The van der Waals surface area contributed by atoms with Gasteiger partial charge in [0.1, 0.15) is 0 Å². The molecule has 2 heterocycles. The SMILES string of the molecule is C=NC(=N/C=C(\C)C(=O)OCC)N1CC2CNCC2C1. The van der Waals surface area contributed by atoms with E-state index in [4.69, 9.17) is 4.74 Å². The number of guanidine groups is 1. The molecule has 2 rings (SSSR count). The molecule has 6 nitrogen and oxygen atoms in total. The molecular formula is C14H22N4O2. The molecule has 2 saturated heterocycles. The first-order valence-corrected chi connectivity index (χ1v) is 6.99. The number of hydrogen-bond acceptors (Lipinski definition) is 4. The van der Waals surface area contributed by atoms with Crippen LogP contribution in [0.15, 0.2) is 21.8 Å². The molecule has 2 fully saturated rings. The topological polar surface area (TPSA) is 66.3 Å². The molecule has 0 saturated carbocycles. The molecular weight excluding hydrogens is 256 g/mol. The molecule has 20 heavy (non-hydrogen) atoms. The molecule has 2 aliphatic rings. The van der Waals surface area contributed by atoms with E-state index in [0.29, 0.717) is 30.0 Å². The van der Waals surface area contributed by atoms with Crippen molar-refractivity contribution >= 4 is 18.6 Å². The molecule has 0 bridgehead atoms. The number of ether oxygens (including phenoxy) is 1. The minimum atomic E-state index is -0.345. The van der Waals surface area contributed by atoms with Gasteiger partial charge in [-0.25, -0.2) is 14.8 Å². The molecule has 2 unspecified atom stereocenters. The van der Waals surface area contributed by atoms with Gasteiger partial charge in [-0.05, 0) is 32.4 Å². The van der Waals surface area contributed by atoms with E-state index in [-0.39, 0.29) is 5.97 Å². The number of hydrogen-bond donors (Lipinski definition) is 1. The lowest BCUT2D eigenvalue weighted by atomic mass is 10.0. The number of rotatable bonds is 3. The van der Waals surface area contributed by atoms with Crippen LogP contribution in [-0.2, 0) is 9.53 Å². The lowest BCUT2D eigenvalue weighted by Crippen LogP contribution is -2.30. The molecule has 1 N–H and O–H groups in total. The summed E-state index contributed by atoms with van der Waals surface area (Å²) in [5, 5.41) is 3.40. The Kier molecular flexibility index (Phi) is 4.89. The number of nitrogens with one attached hydrogen (secondary N) is 1. The van der Waals surface area contributed by atoms with Crippen LogP contribution in [0.2, 0.25) is 0 Å². The molecule has 2 aliphatic heterocycles. The lowest BCUT2D eigenvalue weighted by Gasteiger charge is -2.17. The van der Waals surface area contributed by atoms with Crippen molar-refractivity contribution in [1.82, 2.24) is 10.2 Å². The highest BCUT2D eigenvalue weighted by Gasteiger charge is 2.37. The predicted octanol–water partition coefficient (Wildman–Crippen LogP) is 0.661. The fourth-order valence-corrected chi connectivity index (χ4v) is 2.69. The third-order valence-corrected chi connectivity index (χ3v) is 3.78. The van der Waals surface area contributed by atoms with E-state index in [1.165, 1.54) is 6.20 Å². The summed E-state index contributed by atoms with van der Waals surface area (Å²) in [6.45, 7) is 11.4. The van der Waals surface area contributed by atoms with E-state index in [1.807, 2.05) is 0 Å². The van der Waals surface area contributed by atoms with Gasteiger partial charge in [0.05, 0.1) is 12.2 Å². The Labute approximate surface area is 119 Å². The molecule has 0 aliphatic carbocycles. The largest absolute Gasteiger partial charge is 0.463 e. The molecule has 0 amide bonds. The number of aliphatic imine (C=N–C) groups is 2. The van der Waals surface area contributed by atoms with Gasteiger partial charge in [0.2, 0.25) is 5.96 Å². The zero-order valence-electron chi connectivity index (χ0n) is 12.1. The van der Waals surface area contributed by atoms with Crippen LogP contribution < -0.4 is 5.32 Å². The van der Waals surface area contributed by atoms with Crippen LogP contribution in [0.4, 0.5) is 0 Å². The number of likely N-dealkylation sites (tertiary alicyclic amines) is 1. The second-order valence-corrected chi connectivity index (χ2v) is 5.20. The van der Waals surface area contributed by atoms with Crippen LogP contribution in [-0.4, -0.2) is 56.3 Å². The number of carbonyl (C=O) groups excluding carboxylic acids is 1. The van der Waals surface area contributed by atoms with Crippen LogP contribution in [0, 0.1) is 11.8 Å². The second kappa shape index (κ2) is 6.65. The highest BCUT2D eigenvalue weighted by atomic mass is 16.5. The number of fused-ring (bicyclic) bond motifs is 1. The van der Waals surface area contributed by atoms with Crippen molar-refractivity contribution < 1.29 is 9.53 Å². The summed E-state index contributed by atoms with van der Waals surface area (Å²) in [6.07, 6.45) is 1.51. The fourth-order valence-electron chi connectivity index (χ4n) is 2.69. The van der Waals surface area contributed by atoms with Crippen LogP contribution >= 0.6 is 0 Å². The van der Waals surface area contributed by atoms with Crippen molar-refractivity contribution in [3.05, 3.63) is 11.8 Å². The molecule has 0 radical (unpaired) electrons. The summed E-state index contributed by atoms with van der Waals surface area (Å²) in [5.41, 5.74) is 0.467. The van der Waals surface area contributed by atoms with Crippen molar-refractivity contribution in [2.45, 2.75) is 13.8 Å². The van der Waals surface area contributed by atoms with Gasteiger partial charge in [-0.2, -0.15) is 0 Å². The zero-order chi connectivity index (χ0) is 14.5. The smallest absolute Gasteiger partial charge is 0.335 e. The average molecular weight is 278 g/mol. The van der Waals surface area contributed by atoms with Gasteiger partial charge >= 0.3 is 5.97 Å². The van der Waals surface area contributed by atoms with E-state index in [9.17, 15) is 4.79 Å².